The van der Waals surface area contributed by atoms with Gasteiger partial charge in [-0.3, -0.25) is 4.84 Å². The fourth-order valence-corrected chi connectivity index (χ4v) is 5.78. The van der Waals surface area contributed by atoms with Crippen LogP contribution in [-0.4, -0.2) is 23.2 Å². The number of ether oxygens (including phenoxy) is 1. The Kier molecular flexibility index (Phi) is 6.22. The molecule has 0 bridgehead atoms. The molecule has 2 aliphatic rings. The van der Waals surface area contributed by atoms with Crippen LogP contribution in [0.15, 0.2) is 54.6 Å². The van der Waals surface area contributed by atoms with Crippen molar-refractivity contribution < 1.29 is 14.4 Å². The second-order valence-electron chi connectivity index (χ2n) is 11.8. The molecule has 0 aromatic heterocycles. The van der Waals surface area contributed by atoms with Gasteiger partial charge in [0.25, 0.3) is 0 Å². The van der Waals surface area contributed by atoms with Gasteiger partial charge in [0.1, 0.15) is 12.2 Å². The van der Waals surface area contributed by atoms with Crippen molar-refractivity contribution in [3.8, 4) is 0 Å². The number of hydroxylamine groups is 2. The van der Waals surface area contributed by atoms with Gasteiger partial charge in [0, 0.05) is 0 Å². The van der Waals surface area contributed by atoms with E-state index in [0.717, 1.165) is 19.3 Å². The fourth-order valence-electron chi connectivity index (χ4n) is 5.78. The van der Waals surface area contributed by atoms with E-state index in [1.807, 2.05) is 30.3 Å². The highest BCUT2D eigenvalue weighted by atomic mass is 16.7. The molecule has 0 N–H and O–H groups in total. The smallest absolute Gasteiger partial charge is 0.338 e. The Balaban J connectivity index is 1.62. The number of nitrogens with zero attached hydrogens (tertiary/aromatic N) is 1. The van der Waals surface area contributed by atoms with E-state index in [1.165, 1.54) is 11.1 Å². The maximum Gasteiger partial charge on any atom is 0.338 e. The first-order valence-corrected chi connectivity index (χ1v) is 12.3. The summed E-state index contributed by atoms with van der Waals surface area (Å²) in [7, 11) is 0. The highest BCUT2D eigenvalue weighted by Gasteiger charge is 2.52. The van der Waals surface area contributed by atoms with Crippen LogP contribution < -0.4 is 0 Å². The summed E-state index contributed by atoms with van der Waals surface area (Å²) in [6, 6.07) is 17.9. The van der Waals surface area contributed by atoms with E-state index in [-0.39, 0.29) is 34.7 Å². The molecule has 4 nitrogen and oxygen atoms in total. The van der Waals surface area contributed by atoms with Gasteiger partial charge in [-0.05, 0) is 81.5 Å². The summed E-state index contributed by atoms with van der Waals surface area (Å²) in [5, 5.41) is 2.16. The van der Waals surface area contributed by atoms with Crippen LogP contribution in [0, 0.1) is 11.3 Å². The summed E-state index contributed by atoms with van der Waals surface area (Å²) >= 11 is 0. The Labute approximate surface area is 199 Å². The molecular weight excluding hydrogens is 410 g/mol. The molecule has 4 rings (SSSR count). The summed E-state index contributed by atoms with van der Waals surface area (Å²) < 4.78 is 6.08. The van der Waals surface area contributed by atoms with Crippen molar-refractivity contribution in [3.05, 3.63) is 71.3 Å². The molecule has 0 unspecified atom stereocenters. The predicted octanol–water partition coefficient (Wildman–Crippen LogP) is 6.84. The molecule has 2 aromatic rings. The number of rotatable bonds is 4. The third kappa shape index (κ3) is 4.48. The molecule has 3 atom stereocenters. The van der Waals surface area contributed by atoms with E-state index in [4.69, 9.17) is 9.57 Å². The molecule has 2 aromatic carbocycles. The predicted molar refractivity (Wildman–Crippen MR) is 132 cm³/mol. The van der Waals surface area contributed by atoms with E-state index in [9.17, 15) is 4.79 Å². The summed E-state index contributed by atoms with van der Waals surface area (Å²) in [6.07, 6.45) is 2.25. The van der Waals surface area contributed by atoms with Crippen LogP contribution in [0.1, 0.15) is 89.2 Å². The largest absolute Gasteiger partial charge is 0.456 e. The minimum absolute atomic E-state index is 0.176. The van der Waals surface area contributed by atoms with Crippen LogP contribution >= 0.6 is 0 Å². The number of hydrogen-bond acceptors (Lipinski definition) is 4. The van der Waals surface area contributed by atoms with Crippen LogP contribution in [-0.2, 0) is 20.7 Å². The van der Waals surface area contributed by atoms with Gasteiger partial charge in [0.2, 0.25) is 0 Å². The average Bonchev–Trinajstić information content (AvgIpc) is 2.92. The molecule has 4 heteroatoms. The van der Waals surface area contributed by atoms with Crippen LogP contribution in [0.25, 0.3) is 0 Å². The van der Waals surface area contributed by atoms with Gasteiger partial charge in [-0.15, -0.1) is 0 Å². The summed E-state index contributed by atoms with van der Waals surface area (Å²) in [5.74, 6) is 0.233. The van der Waals surface area contributed by atoms with Crippen LogP contribution in [0.3, 0.4) is 0 Å². The fraction of sp³-hybridized carbons (Fsp3) is 0.552. The maximum atomic E-state index is 12.9. The third-order valence-electron chi connectivity index (χ3n) is 7.73. The second kappa shape index (κ2) is 8.56. The van der Waals surface area contributed by atoms with Crippen molar-refractivity contribution in [1.82, 2.24) is 5.06 Å². The van der Waals surface area contributed by atoms with E-state index >= 15 is 0 Å². The van der Waals surface area contributed by atoms with Crippen molar-refractivity contribution in [2.24, 2.45) is 11.3 Å². The van der Waals surface area contributed by atoms with Gasteiger partial charge < -0.3 is 4.74 Å². The lowest BCUT2D eigenvalue weighted by Gasteiger charge is -2.46. The molecule has 178 valence electrons. The monoisotopic (exact) mass is 449 g/mol. The van der Waals surface area contributed by atoms with Crippen LogP contribution in [0.5, 0.6) is 0 Å². The zero-order valence-corrected chi connectivity index (χ0v) is 21.2. The minimum Gasteiger partial charge on any atom is -0.456 e. The first-order chi connectivity index (χ1) is 15.4. The zero-order chi connectivity index (χ0) is 24.0. The van der Waals surface area contributed by atoms with Gasteiger partial charge in [-0.1, -0.05) is 63.2 Å². The Bertz CT molecular complexity index is 954. The number of esters is 1. The number of hydrogen-bond donors (Lipinski definition) is 0. The third-order valence-corrected chi connectivity index (χ3v) is 7.73. The topological polar surface area (TPSA) is 38.8 Å². The van der Waals surface area contributed by atoms with Crippen LogP contribution in [0.4, 0.5) is 0 Å². The maximum absolute atomic E-state index is 12.9. The van der Waals surface area contributed by atoms with Gasteiger partial charge in [0.15, 0.2) is 0 Å². The first kappa shape index (κ1) is 24.0. The van der Waals surface area contributed by atoms with Crippen molar-refractivity contribution in [2.75, 3.05) is 0 Å². The van der Waals surface area contributed by atoms with E-state index in [2.05, 4.69) is 77.8 Å². The van der Waals surface area contributed by atoms with Crippen molar-refractivity contribution in [2.45, 2.75) is 91.0 Å². The normalized spacial score (nSPS) is 26.6. The highest BCUT2D eigenvalue weighted by molar-refractivity contribution is 5.89. The van der Waals surface area contributed by atoms with Gasteiger partial charge in [0.05, 0.1) is 16.6 Å². The van der Waals surface area contributed by atoms with Gasteiger partial charge in [-0.2, -0.15) is 5.06 Å². The Morgan fingerprint density at radius 1 is 0.848 bits per heavy atom. The molecule has 1 heterocycles. The molecule has 0 saturated heterocycles. The zero-order valence-electron chi connectivity index (χ0n) is 21.2. The summed E-state index contributed by atoms with van der Waals surface area (Å²) in [6.45, 7) is 15.8. The molecule has 33 heavy (non-hydrogen) atoms. The minimum atomic E-state index is -0.289. The van der Waals surface area contributed by atoms with Gasteiger partial charge >= 0.3 is 5.97 Å². The summed E-state index contributed by atoms with van der Waals surface area (Å²) in [5.41, 5.74) is 2.76. The standard InChI is InChI=1S/C29H39NO3/c1-27(2,3)21-17-18-24(32-26(31)20-13-9-8-10-14-20)25(19-21)33-30-28(4,5)22-15-11-12-16-23(22)29(30,6)7/h8-16,21,24-25H,17-19H2,1-7H3/t21-,24+,25+/m0/s1. The van der Waals surface area contributed by atoms with Crippen molar-refractivity contribution >= 4 is 5.97 Å². The van der Waals surface area contributed by atoms with Crippen molar-refractivity contribution in [1.29, 1.82) is 0 Å². The Morgan fingerprint density at radius 3 is 1.94 bits per heavy atom. The van der Waals surface area contributed by atoms with Crippen LogP contribution in [0.2, 0.25) is 0 Å². The second-order valence-corrected chi connectivity index (χ2v) is 11.8. The number of fused-ring (bicyclic) bond motifs is 1. The lowest BCUT2D eigenvalue weighted by Crippen LogP contribution is -2.52. The Hall–Kier alpha value is -2.17. The number of benzene rings is 2. The highest BCUT2D eigenvalue weighted by Crippen LogP contribution is 2.51. The summed E-state index contributed by atoms with van der Waals surface area (Å²) in [4.78, 5) is 19.8. The molecule has 1 aliphatic heterocycles. The Morgan fingerprint density at radius 2 is 1.39 bits per heavy atom. The van der Waals surface area contributed by atoms with E-state index in [0.29, 0.717) is 11.5 Å². The molecule has 0 spiro atoms. The van der Waals surface area contributed by atoms with E-state index < -0.39 is 0 Å². The SMILES string of the molecule is CC(C)(C)[C@H]1CC[C@@H](OC(=O)c2ccccc2)[C@H](ON2C(C)(C)c3ccccc3C2(C)C)C1. The van der Waals surface area contributed by atoms with E-state index in [1.54, 1.807) is 0 Å². The molecular formula is C29H39NO3. The van der Waals surface area contributed by atoms with Crippen molar-refractivity contribution in [3.63, 3.8) is 0 Å². The quantitative estimate of drug-likeness (QED) is 0.479. The van der Waals surface area contributed by atoms with Gasteiger partial charge in [-0.25, -0.2) is 4.79 Å². The average molecular weight is 450 g/mol. The molecule has 1 aliphatic carbocycles. The molecule has 0 amide bonds. The molecule has 1 fully saturated rings. The first-order valence-electron chi connectivity index (χ1n) is 12.3. The number of carbonyl (C=O) groups excluding carboxylic acids is 1. The lowest BCUT2D eigenvalue weighted by atomic mass is 9.71. The number of carbonyl (C=O) groups is 1. The lowest BCUT2D eigenvalue weighted by molar-refractivity contribution is -0.309. The molecule has 1 saturated carbocycles. The molecule has 0 radical (unpaired) electrons.